The predicted molar refractivity (Wildman–Crippen MR) is 127 cm³/mol. The summed E-state index contributed by atoms with van der Waals surface area (Å²) in [7, 11) is 1.71. The second kappa shape index (κ2) is 13.7. The Balaban J connectivity index is 0.00000784. The molecule has 1 rings (SSSR count). The summed E-state index contributed by atoms with van der Waals surface area (Å²) in [5.74, 6) is 1.84. The second-order valence-electron chi connectivity index (χ2n) is 7.64. The first-order valence-corrected chi connectivity index (χ1v) is 10.1. The van der Waals surface area contributed by atoms with E-state index in [4.69, 9.17) is 9.26 Å². The average Bonchev–Trinajstić information content (AvgIpc) is 3.09. The zero-order valence-corrected chi connectivity index (χ0v) is 21.2. The van der Waals surface area contributed by atoms with Gasteiger partial charge < -0.3 is 24.8 Å². The topological polar surface area (TPSA) is 92.0 Å². The second-order valence-corrected chi connectivity index (χ2v) is 7.64. The summed E-state index contributed by atoms with van der Waals surface area (Å²) in [4.78, 5) is 18.0. The van der Waals surface area contributed by atoms with Crippen molar-refractivity contribution in [2.45, 2.75) is 72.4 Å². The summed E-state index contributed by atoms with van der Waals surface area (Å²) in [6, 6.07) is 2.00. The molecule has 0 fully saturated rings. The first-order valence-electron chi connectivity index (χ1n) is 10.1. The molecule has 0 aliphatic carbocycles. The lowest BCUT2D eigenvalue weighted by Crippen LogP contribution is -2.44. The third-order valence-corrected chi connectivity index (χ3v) is 4.34. The zero-order chi connectivity index (χ0) is 21.2. The molecule has 8 nitrogen and oxygen atoms in total. The minimum atomic E-state index is -0.500. The number of ether oxygens (including phenoxy) is 1. The fraction of sp³-hybridized carbons (Fsp3) is 0.750. The first-order chi connectivity index (χ1) is 13.2. The predicted octanol–water partition coefficient (Wildman–Crippen LogP) is 4.12. The molecule has 9 heteroatoms. The van der Waals surface area contributed by atoms with Crippen LogP contribution in [0.1, 0.15) is 71.8 Å². The number of rotatable bonds is 9. The molecular formula is C20H38IN5O3. The minimum Gasteiger partial charge on any atom is -0.444 e. The van der Waals surface area contributed by atoms with Crippen LogP contribution in [0.15, 0.2) is 15.6 Å². The van der Waals surface area contributed by atoms with Crippen LogP contribution >= 0.6 is 24.0 Å². The van der Waals surface area contributed by atoms with Crippen molar-refractivity contribution in [1.82, 2.24) is 20.7 Å². The maximum absolute atomic E-state index is 12.2. The lowest BCUT2D eigenvalue weighted by Gasteiger charge is -2.26. The first kappa shape index (κ1) is 27.5. The zero-order valence-electron chi connectivity index (χ0n) is 18.9. The minimum absolute atomic E-state index is 0. The third kappa shape index (κ3) is 10.2. The van der Waals surface area contributed by atoms with Crippen molar-refractivity contribution in [1.29, 1.82) is 0 Å². The summed E-state index contributed by atoms with van der Waals surface area (Å²) < 4.78 is 10.8. The number of hydrogen-bond donors (Lipinski definition) is 2. The van der Waals surface area contributed by atoms with E-state index >= 15 is 0 Å². The van der Waals surface area contributed by atoms with Gasteiger partial charge in [0.2, 0.25) is 0 Å². The molecule has 0 aromatic carbocycles. The Morgan fingerprint density at radius 2 is 1.93 bits per heavy atom. The van der Waals surface area contributed by atoms with Crippen molar-refractivity contribution in [3.63, 3.8) is 0 Å². The van der Waals surface area contributed by atoms with Gasteiger partial charge in [0.1, 0.15) is 5.60 Å². The molecule has 0 unspecified atom stereocenters. The Morgan fingerprint density at radius 3 is 2.45 bits per heavy atom. The van der Waals surface area contributed by atoms with Crippen LogP contribution in [0.4, 0.5) is 4.79 Å². The summed E-state index contributed by atoms with van der Waals surface area (Å²) >= 11 is 0. The normalized spacial score (nSPS) is 11.8. The molecule has 0 spiro atoms. The van der Waals surface area contributed by atoms with E-state index in [1.807, 2.05) is 33.8 Å². The van der Waals surface area contributed by atoms with Gasteiger partial charge in [-0.15, -0.1) is 24.0 Å². The van der Waals surface area contributed by atoms with Crippen molar-refractivity contribution in [2.75, 3.05) is 26.7 Å². The van der Waals surface area contributed by atoms with Crippen molar-refractivity contribution in [3.05, 3.63) is 17.5 Å². The van der Waals surface area contributed by atoms with Crippen LogP contribution in [0.5, 0.6) is 0 Å². The van der Waals surface area contributed by atoms with Crippen molar-refractivity contribution in [3.8, 4) is 0 Å². The fourth-order valence-corrected chi connectivity index (χ4v) is 2.72. The van der Waals surface area contributed by atoms with Gasteiger partial charge in [0, 0.05) is 38.7 Å². The van der Waals surface area contributed by atoms with Crippen molar-refractivity contribution in [2.24, 2.45) is 4.99 Å². The highest BCUT2D eigenvalue weighted by atomic mass is 127. The number of nitrogens with zero attached hydrogens (tertiary/aromatic N) is 3. The molecule has 1 heterocycles. The van der Waals surface area contributed by atoms with Crippen LogP contribution in [0.2, 0.25) is 0 Å². The summed E-state index contributed by atoms with van der Waals surface area (Å²) in [6.07, 6.45) is 1.78. The van der Waals surface area contributed by atoms with E-state index in [1.54, 1.807) is 11.9 Å². The van der Waals surface area contributed by atoms with Crippen molar-refractivity contribution >= 4 is 36.0 Å². The number of aromatic nitrogens is 1. The molecule has 0 radical (unpaired) electrons. The number of guanidine groups is 1. The summed E-state index contributed by atoms with van der Waals surface area (Å²) in [5.41, 5.74) is 0.501. The lowest BCUT2D eigenvalue weighted by atomic mass is 9.99. The van der Waals surface area contributed by atoms with Gasteiger partial charge in [0.05, 0.1) is 12.2 Å². The molecule has 0 saturated heterocycles. The Kier molecular flexibility index (Phi) is 12.9. The summed E-state index contributed by atoms with van der Waals surface area (Å²) in [6.45, 7) is 14.0. The third-order valence-electron chi connectivity index (χ3n) is 4.34. The number of aliphatic imine (C=N–C) groups is 1. The van der Waals surface area contributed by atoms with Gasteiger partial charge in [-0.3, -0.25) is 4.99 Å². The van der Waals surface area contributed by atoms with Crippen molar-refractivity contribution < 1.29 is 14.1 Å². The molecule has 1 aromatic rings. The van der Waals surface area contributed by atoms with Crippen LogP contribution in [0, 0.1) is 0 Å². The highest BCUT2D eigenvalue weighted by Crippen LogP contribution is 2.22. The number of halogens is 1. The van der Waals surface area contributed by atoms with Gasteiger partial charge in [0.15, 0.2) is 11.7 Å². The van der Waals surface area contributed by atoms with Crippen LogP contribution < -0.4 is 10.6 Å². The van der Waals surface area contributed by atoms with Crippen LogP contribution in [-0.4, -0.2) is 54.4 Å². The van der Waals surface area contributed by atoms with E-state index < -0.39 is 5.60 Å². The van der Waals surface area contributed by atoms with Gasteiger partial charge in [-0.25, -0.2) is 4.79 Å². The molecule has 0 aliphatic heterocycles. The Morgan fingerprint density at radius 1 is 1.28 bits per heavy atom. The molecular weight excluding hydrogens is 485 g/mol. The maximum atomic E-state index is 12.2. The SMILES string of the molecule is CCC(CC)c1cc(CNC(=NC)NCCN(CC)C(=O)OC(C)(C)C)on1.I. The fourth-order valence-electron chi connectivity index (χ4n) is 2.72. The Labute approximate surface area is 192 Å². The van der Waals surface area contributed by atoms with E-state index in [9.17, 15) is 4.79 Å². The smallest absolute Gasteiger partial charge is 0.410 e. The van der Waals surface area contributed by atoms with E-state index in [-0.39, 0.29) is 30.1 Å². The molecule has 168 valence electrons. The lowest BCUT2D eigenvalue weighted by molar-refractivity contribution is 0.0264. The molecule has 0 bridgehead atoms. The molecule has 1 aromatic heterocycles. The van der Waals surface area contributed by atoms with Crippen LogP contribution in [0.3, 0.4) is 0 Å². The average molecular weight is 523 g/mol. The number of hydrogen-bond acceptors (Lipinski definition) is 5. The summed E-state index contributed by atoms with van der Waals surface area (Å²) in [5, 5.41) is 10.6. The molecule has 0 saturated carbocycles. The number of carbonyl (C=O) groups excluding carboxylic acids is 1. The van der Waals surface area contributed by atoms with Gasteiger partial charge in [0.25, 0.3) is 0 Å². The van der Waals surface area contributed by atoms with E-state index in [2.05, 4.69) is 34.6 Å². The van der Waals surface area contributed by atoms with Gasteiger partial charge in [-0.05, 0) is 40.5 Å². The monoisotopic (exact) mass is 523 g/mol. The number of carbonyl (C=O) groups is 1. The largest absolute Gasteiger partial charge is 0.444 e. The Hall–Kier alpha value is -1.52. The van der Waals surface area contributed by atoms with Gasteiger partial charge >= 0.3 is 6.09 Å². The highest BCUT2D eigenvalue weighted by Gasteiger charge is 2.20. The van der Waals surface area contributed by atoms with Crippen LogP contribution in [0.25, 0.3) is 0 Å². The van der Waals surface area contributed by atoms with Gasteiger partial charge in [-0.1, -0.05) is 19.0 Å². The molecule has 0 atom stereocenters. The number of likely N-dealkylation sites (N-methyl/N-ethyl adjacent to an activating group) is 1. The number of amides is 1. The quantitative estimate of drug-likeness (QED) is 0.288. The Bertz CT molecular complexity index is 624. The molecule has 2 N–H and O–H groups in total. The molecule has 1 amide bonds. The van der Waals surface area contributed by atoms with E-state index in [1.165, 1.54) is 0 Å². The maximum Gasteiger partial charge on any atom is 0.410 e. The van der Waals surface area contributed by atoms with Gasteiger partial charge in [-0.2, -0.15) is 0 Å². The van der Waals surface area contributed by atoms with E-state index in [0.29, 0.717) is 38.1 Å². The number of nitrogens with one attached hydrogen (secondary N) is 2. The van der Waals surface area contributed by atoms with Crippen LogP contribution in [-0.2, 0) is 11.3 Å². The standard InChI is InChI=1S/C20H37N5O3.HI/c1-8-15(9-2)17-13-16(28-24-17)14-23-18(21-7)22-11-12-25(10-3)19(26)27-20(4,5)6;/h13,15H,8-12,14H2,1-7H3,(H2,21,22,23);1H. The highest BCUT2D eigenvalue weighted by molar-refractivity contribution is 14.0. The van der Waals surface area contributed by atoms with E-state index in [0.717, 1.165) is 24.3 Å². The molecule has 0 aliphatic rings. The molecule has 29 heavy (non-hydrogen) atoms.